The number of amides is 1. The van der Waals surface area contributed by atoms with Crippen molar-refractivity contribution in [2.75, 3.05) is 12.4 Å². The summed E-state index contributed by atoms with van der Waals surface area (Å²) in [7, 11) is 1.59. The lowest BCUT2D eigenvalue weighted by Gasteiger charge is -2.15. The van der Waals surface area contributed by atoms with Crippen molar-refractivity contribution >= 4 is 23.2 Å². The second-order valence-corrected chi connectivity index (χ2v) is 4.87. The van der Waals surface area contributed by atoms with E-state index in [2.05, 4.69) is 5.32 Å². The molecule has 1 N–H and O–H groups in total. The lowest BCUT2D eigenvalue weighted by molar-refractivity contribution is -0.122. The lowest BCUT2D eigenvalue weighted by Crippen LogP contribution is -2.30. The number of methoxy groups -OCH3 is 1. The normalized spacial score (nSPS) is 11.6. The molecule has 0 spiro atoms. The van der Waals surface area contributed by atoms with Crippen LogP contribution in [0.15, 0.2) is 48.5 Å². The van der Waals surface area contributed by atoms with Crippen molar-refractivity contribution in [3.05, 3.63) is 53.6 Å². The summed E-state index contributed by atoms with van der Waals surface area (Å²) in [6, 6.07) is 14.0. The summed E-state index contributed by atoms with van der Waals surface area (Å²) in [4.78, 5) is 12.0. The zero-order chi connectivity index (χ0) is 15.2. The predicted molar refractivity (Wildman–Crippen MR) is 83.2 cm³/mol. The number of hydrogen-bond donors (Lipinski definition) is 1. The number of benzene rings is 2. The van der Waals surface area contributed by atoms with Crippen LogP contribution < -0.4 is 14.8 Å². The van der Waals surface area contributed by atoms with Gasteiger partial charge in [0.05, 0.1) is 7.11 Å². The fraction of sp³-hybridized carbons (Fsp3) is 0.188. The smallest absolute Gasteiger partial charge is 0.265 e. The number of anilines is 1. The third kappa shape index (κ3) is 4.39. The van der Waals surface area contributed by atoms with Gasteiger partial charge in [0, 0.05) is 10.7 Å². The van der Waals surface area contributed by atoms with Crippen LogP contribution in [-0.2, 0) is 4.79 Å². The maximum Gasteiger partial charge on any atom is 0.265 e. The Bertz CT molecular complexity index is 613. The van der Waals surface area contributed by atoms with Gasteiger partial charge in [-0.1, -0.05) is 17.7 Å². The minimum Gasteiger partial charge on any atom is -0.497 e. The number of rotatable bonds is 5. The topological polar surface area (TPSA) is 47.6 Å². The number of hydrogen-bond acceptors (Lipinski definition) is 3. The van der Waals surface area contributed by atoms with Gasteiger partial charge in [-0.15, -0.1) is 0 Å². The molecule has 0 saturated heterocycles. The van der Waals surface area contributed by atoms with Gasteiger partial charge in [-0.25, -0.2) is 0 Å². The molecule has 2 aromatic rings. The van der Waals surface area contributed by atoms with Crippen LogP contribution >= 0.6 is 11.6 Å². The molecule has 0 unspecified atom stereocenters. The lowest BCUT2D eigenvalue weighted by atomic mass is 10.3. The first-order valence-corrected chi connectivity index (χ1v) is 6.83. The zero-order valence-corrected chi connectivity index (χ0v) is 12.6. The monoisotopic (exact) mass is 305 g/mol. The first-order valence-electron chi connectivity index (χ1n) is 6.45. The van der Waals surface area contributed by atoms with Crippen LogP contribution in [0.3, 0.4) is 0 Å². The van der Waals surface area contributed by atoms with E-state index in [1.165, 1.54) is 0 Å². The Morgan fingerprint density at radius 2 is 1.81 bits per heavy atom. The minimum atomic E-state index is -0.627. The summed E-state index contributed by atoms with van der Waals surface area (Å²) in [5.41, 5.74) is 0.637. The predicted octanol–water partition coefficient (Wildman–Crippen LogP) is 3.75. The Morgan fingerprint density at radius 3 is 2.43 bits per heavy atom. The highest BCUT2D eigenvalue weighted by atomic mass is 35.5. The first-order chi connectivity index (χ1) is 10.1. The average Bonchev–Trinajstić information content (AvgIpc) is 2.48. The highest BCUT2D eigenvalue weighted by Crippen LogP contribution is 2.19. The number of carbonyl (C=O) groups is 1. The molecule has 0 aliphatic heterocycles. The van der Waals surface area contributed by atoms with Crippen LogP contribution in [0.5, 0.6) is 11.5 Å². The van der Waals surface area contributed by atoms with Crippen molar-refractivity contribution in [2.45, 2.75) is 13.0 Å². The van der Waals surface area contributed by atoms with E-state index >= 15 is 0 Å². The van der Waals surface area contributed by atoms with Gasteiger partial charge in [0.15, 0.2) is 6.10 Å². The Balaban J connectivity index is 1.95. The molecule has 0 aromatic heterocycles. The van der Waals surface area contributed by atoms with Gasteiger partial charge in [0.25, 0.3) is 5.91 Å². The van der Waals surface area contributed by atoms with E-state index in [0.717, 1.165) is 5.75 Å². The number of carbonyl (C=O) groups excluding carboxylic acids is 1. The van der Waals surface area contributed by atoms with Crippen molar-refractivity contribution in [3.8, 4) is 11.5 Å². The fourth-order valence-electron chi connectivity index (χ4n) is 1.72. The van der Waals surface area contributed by atoms with Gasteiger partial charge in [-0.05, 0) is 49.4 Å². The van der Waals surface area contributed by atoms with Gasteiger partial charge in [-0.3, -0.25) is 4.79 Å². The third-order valence-electron chi connectivity index (χ3n) is 2.83. The quantitative estimate of drug-likeness (QED) is 0.915. The Labute approximate surface area is 128 Å². The standard InChI is InChI=1S/C16H16ClNO3/c1-11(21-15-8-6-14(20-2)7-9-15)16(19)18-13-5-3-4-12(17)10-13/h3-11H,1-2H3,(H,18,19)/t11-/m0/s1. The van der Waals surface area contributed by atoms with Crippen LogP contribution in [0.2, 0.25) is 5.02 Å². The highest BCUT2D eigenvalue weighted by molar-refractivity contribution is 6.30. The second kappa shape index (κ2) is 6.99. The van der Waals surface area contributed by atoms with Crippen molar-refractivity contribution in [3.63, 3.8) is 0 Å². The molecule has 0 fully saturated rings. The molecule has 110 valence electrons. The maximum atomic E-state index is 12.0. The minimum absolute atomic E-state index is 0.243. The molecule has 0 aliphatic carbocycles. The van der Waals surface area contributed by atoms with E-state index in [9.17, 15) is 4.79 Å². The third-order valence-corrected chi connectivity index (χ3v) is 3.07. The van der Waals surface area contributed by atoms with Gasteiger partial charge < -0.3 is 14.8 Å². The Hall–Kier alpha value is -2.20. The summed E-state index contributed by atoms with van der Waals surface area (Å²) in [6.07, 6.45) is -0.627. The molecule has 1 amide bonds. The van der Waals surface area contributed by atoms with E-state index in [-0.39, 0.29) is 5.91 Å². The zero-order valence-electron chi connectivity index (χ0n) is 11.8. The second-order valence-electron chi connectivity index (χ2n) is 4.44. The van der Waals surface area contributed by atoms with Crippen LogP contribution in [0, 0.1) is 0 Å². The highest BCUT2D eigenvalue weighted by Gasteiger charge is 2.15. The number of halogens is 1. The van der Waals surface area contributed by atoms with Crippen molar-refractivity contribution < 1.29 is 14.3 Å². The van der Waals surface area contributed by atoms with E-state index < -0.39 is 6.10 Å². The first kappa shape index (κ1) is 15.2. The van der Waals surface area contributed by atoms with Crippen LogP contribution in [0.4, 0.5) is 5.69 Å². The molecular formula is C16H16ClNO3. The van der Waals surface area contributed by atoms with Gasteiger partial charge in [-0.2, -0.15) is 0 Å². The summed E-state index contributed by atoms with van der Waals surface area (Å²) in [6.45, 7) is 1.68. The molecule has 0 radical (unpaired) electrons. The molecule has 21 heavy (non-hydrogen) atoms. The van der Waals surface area contributed by atoms with Crippen molar-refractivity contribution in [1.29, 1.82) is 0 Å². The molecular weight excluding hydrogens is 290 g/mol. The van der Waals surface area contributed by atoms with E-state index in [0.29, 0.717) is 16.5 Å². The number of ether oxygens (including phenoxy) is 2. The average molecular weight is 306 g/mol. The SMILES string of the molecule is COc1ccc(O[C@@H](C)C(=O)Nc2cccc(Cl)c2)cc1. The molecule has 0 saturated carbocycles. The summed E-state index contributed by atoms with van der Waals surface area (Å²) < 4.78 is 10.6. The molecule has 0 bridgehead atoms. The molecule has 4 nitrogen and oxygen atoms in total. The molecule has 0 heterocycles. The van der Waals surface area contributed by atoms with Gasteiger partial charge in [0.2, 0.25) is 0 Å². The van der Waals surface area contributed by atoms with Crippen molar-refractivity contribution in [2.24, 2.45) is 0 Å². The van der Waals surface area contributed by atoms with Gasteiger partial charge in [0.1, 0.15) is 11.5 Å². The molecule has 5 heteroatoms. The molecule has 1 atom stereocenters. The summed E-state index contributed by atoms with van der Waals surface area (Å²) in [5, 5.41) is 3.32. The Morgan fingerprint density at radius 1 is 1.14 bits per heavy atom. The molecule has 0 aliphatic rings. The molecule has 2 aromatic carbocycles. The fourth-order valence-corrected chi connectivity index (χ4v) is 1.91. The van der Waals surface area contributed by atoms with Crippen molar-refractivity contribution in [1.82, 2.24) is 0 Å². The van der Waals surface area contributed by atoms with E-state index in [4.69, 9.17) is 21.1 Å². The van der Waals surface area contributed by atoms with Gasteiger partial charge >= 0.3 is 0 Å². The maximum absolute atomic E-state index is 12.0. The number of nitrogens with one attached hydrogen (secondary N) is 1. The van der Waals surface area contributed by atoms with Crippen LogP contribution in [0.25, 0.3) is 0 Å². The summed E-state index contributed by atoms with van der Waals surface area (Å²) >= 11 is 5.87. The van der Waals surface area contributed by atoms with Crippen LogP contribution in [-0.4, -0.2) is 19.1 Å². The van der Waals surface area contributed by atoms with E-state index in [1.54, 1.807) is 62.6 Å². The molecule has 2 rings (SSSR count). The summed E-state index contributed by atoms with van der Waals surface area (Å²) in [5.74, 6) is 1.09. The van der Waals surface area contributed by atoms with Crippen LogP contribution in [0.1, 0.15) is 6.92 Å². The largest absolute Gasteiger partial charge is 0.497 e. The van der Waals surface area contributed by atoms with E-state index in [1.807, 2.05) is 0 Å². The Kier molecular flexibility index (Phi) is 5.06.